The van der Waals surface area contributed by atoms with Gasteiger partial charge in [0.2, 0.25) is 0 Å². The van der Waals surface area contributed by atoms with Gasteiger partial charge in [-0.25, -0.2) is 0 Å². The second-order valence-electron chi connectivity index (χ2n) is 7.72. The highest BCUT2D eigenvalue weighted by atomic mass is 15.1. The van der Waals surface area contributed by atoms with Crippen LogP contribution < -0.4 is 0 Å². The molecule has 0 bridgehead atoms. The fourth-order valence-electron chi connectivity index (χ4n) is 3.39. The molecule has 1 atom stereocenters. The van der Waals surface area contributed by atoms with E-state index in [1.807, 2.05) is 0 Å². The summed E-state index contributed by atoms with van der Waals surface area (Å²) >= 11 is 0. The van der Waals surface area contributed by atoms with Crippen LogP contribution in [0, 0.1) is 17.8 Å². The van der Waals surface area contributed by atoms with Gasteiger partial charge >= 0.3 is 0 Å². The molecule has 2 fully saturated rings. The molecule has 120 valence electrons. The molecule has 2 heteroatoms. The molecule has 0 radical (unpaired) electrons. The van der Waals surface area contributed by atoms with Gasteiger partial charge in [-0.2, -0.15) is 0 Å². The Morgan fingerprint density at radius 3 is 1.90 bits per heavy atom. The van der Waals surface area contributed by atoms with Crippen LogP contribution >= 0.6 is 0 Å². The van der Waals surface area contributed by atoms with Crippen molar-refractivity contribution >= 4 is 0 Å². The van der Waals surface area contributed by atoms with Crippen LogP contribution in [-0.2, 0) is 0 Å². The van der Waals surface area contributed by atoms with Crippen LogP contribution in [0.4, 0.5) is 0 Å². The Hall–Kier alpha value is -0.0800. The van der Waals surface area contributed by atoms with E-state index in [0.29, 0.717) is 0 Å². The summed E-state index contributed by atoms with van der Waals surface area (Å²) in [5, 5.41) is 0. The minimum atomic E-state index is 0.753. The molecule has 2 saturated heterocycles. The van der Waals surface area contributed by atoms with Gasteiger partial charge in [-0.15, -0.1) is 0 Å². The van der Waals surface area contributed by atoms with Crippen molar-refractivity contribution < 1.29 is 0 Å². The SMILES string of the molecule is CC(C)C1CCN(C)CC1.CC(C)N1CCC[C@H](C)C1. The maximum Gasteiger partial charge on any atom is 0.00387 e. The lowest BCUT2D eigenvalue weighted by Crippen LogP contribution is -2.38. The van der Waals surface area contributed by atoms with E-state index in [9.17, 15) is 0 Å². The Morgan fingerprint density at radius 1 is 0.900 bits per heavy atom. The van der Waals surface area contributed by atoms with Gasteiger partial charge in [-0.05, 0) is 84.0 Å². The van der Waals surface area contributed by atoms with Gasteiger partial charge in [0.15, 0.2) is 0 Å². The number of nitrogens with zero attached hydrogens (tertiary/aromatic N) is 2. The molecule has 2 aliphatic heterocycles. The molecule has 2 rings (SSSR count). The first-order valence-corrected chi connectivity index (χ1v) is 8.82. The van der Waals surface area contributed by atoms with E-state index >= 15 is 0 Å². The highest BCUT2D eigenvalue weighted by molar-refractivity contribution is 4.72. The van der Waals surface area contributed by atoms with E-state index in [4.69, 9.17) is 0 Å². The molecule has 0 saturated carbocycles. The first kappa shape index (κ1) is 18.0. The minimum absolute atomic E-state index is 0.753. The number of hydrogen-bond acceptors (Lipinski definition) is 2. The lowest BCUT2D eigenvalue weighted by atomic mass is 9.87. The molecule has 0 aromatic rings. The number of piperidine rings is 2. The van der Waals surface area contributed by atoms with Crippen LogP contribution in [0.15, 0.2) is 0 Å². The lowest BCUT2D eigenvalue weighted by Gasteiger charge is -2.33. The van der Waals surface area contributed by atoms with E-state index in [-0.39, 0.29) is 0 Å². The van der Waals surface area contributed by atoms with Gasteiger partial charge in [0.1, 0.15) is 0 Å². The summed E-state index contributed by atoms with van der Waals surface area (Å²) in [6.45, 7) is 16.9. The Morgan fingerprint density at radius 2 is 1.50 bits per heavy atom. The number of rotatable bonds is 2. The molecular formula is C18H38N2. The van der Waals surface area contributed by atoms with Crippen molar-refractivity contribution in [1.82, 2.24) is 9.80 Å². The standard InChI is InChI=1S/2C9H19N/c1-8(2)9-4-6-10(3)7-5-9;1-8(2)10-6-4-5-9(3)7-10/h2*8-9H,4-7H2,1-3H3/t;9-/m.0/s1. The third kappa shape index (κ3) is 6.58. The van der Waals surface area contributed by atoms with Crippen LogP contribution in [0.2, 0.25) is 0 Å². The minimum Gasteiger partial charge on any atom is -0.306 e. The van der Waals surface area contributed by atoms with E-state index in [0.717, 1.165) is 23.8 Å². The maximum absolute atomic E-state index is 2.58. The van der Waals surface area contributed by atoms with Crippen molar-refractivity contribution in [3.63, 3.8) is 0 Å². The predicted molar refractivity (Wildman–Crippen MR) is 90.2 cm³/mol. The predicted octanol–water partition coefficient (Wildman–Crippen LogP) is 4.11. The van der Waals surface area contributed by atoms with Gasteiger partial charge in [0.05, 0.1) is 0 Å². The first-order valence-electron chi connectivity index (χ1n) is 8.82. The molecular weight excluding hydrogens is 244 g/mol. The van der Waals surface area contributed by atoms with E-state index in [1.165, 1.54) is 51.9 Å². The second kappa shape index (κ2) is 9.04. The summed E-state index contributed by atoms with van der Waals surface area (Å²) in [4.78, 5) is 5.01. The fourth-order valence-corrected chi connectivity index (χ4v) is 3.39. The van der Waals surface area contributed by atoms with Crippen LogP contribution in [0.5, 0.6) is 0 Å². The zero-order valence-corrected chi connectivity index (χ0v) is 14.9. The smallest absolute Gasteiger partial charge is 0.00387 e. The zero-order valence-electron chi connectivity index (χ0n) is 14.9. The van der Waals surface area contributed by atoms with E-state index < -0.39 is 0 Å². The van der Waals surface area contributed by atoms with Crippen molar-refractivity contribution in [2.24, 2.45) is 17.8 Å². The largest absolute Gasteiger partial charge is 0.306 e. The molecule has 20 heavy (non-hydrogen) atoms. The van der Waals surface area contributed by atoms with Crippen LogP contribution in [0.25, 0.3) is 0 Å². The molecule has 0 aromatic heterocycles. The van der Waals surface area contributed by atoms with Crippen molar-refractivity contribution in [2.75, 3.05) is 33.2 Å². The monoisotopic (exact) mass is 282 g/mol. The van der Waals surface area contributed by atoms with Crippen molar-refractivity contribution in [2.45, 2.75) is 66.3 Å². The Labute approximate surface area is 127 Å². The topological polar surface area (TPSA) is 6.48 Å². The van der Waals surface area contributed by atoms with Gasteiger partial charge < -0.3 is 9.80 Å². The van der Waals surface area contributed by atoms with Crippen molar-refractivity contribution in [3.05, 3.63) is 0 Å². The zero-order chi connectivity index (χ0) is 15.1. The Bertz CT molecular complexity index is 242. The molecule has 2 aliphatic rings. The van der Waals surface area contributed by atoms with Gasteiger partial charge in [0.25, 0.3) is 0 Å². The molecule has 0 amide bonds. The van der Waals surface area contributed by atoms with Crippen LogP contribution in [-0.4, -0.2) is 49.1 Å². The van der Waals surface area contributed by atoms with Crippen molar-refractivity contribution in [1.29, 1.82) is 0 Å². The highest BCUT2D eigenvalue weighted by Gasteiger charge is 2.19. The first-order chi connectivity index (χ1) is 9.40. The van der Waals surface area contributed by atoms with E-state index in [2.05, 4.69) is 51.5 Å². The van der Waals surface area contributed by atoms with Crippen LogP contribution in [0.1, 0.15) is 60.3 Å². The second-order valence-corrected chi connectivity index (χ2v) is 7.72. The van der Waals surface area contributed by atoms with Gasteiger partial charge in [-0.3, -0.25) is 0 Å². The van der Waals surface area contributed by atoms with Crippen molar-refractivity contribution in [3.8, 4) is 0 Å². The molecule has 0 unspecified atom stereocenters. The molecule has 0 aromatic carbocycles. The molecule has 0 spiro atoms. The number of likely N-dealkylation sites (tertiary alicyclic amines) is 2. The average molecular weight is 283 g/mol. The molecule has 0 N–H and O–H groups in total. The fraction of sp³-hybridized carbons (Fsp3) is 1.00. The van der Waals surface area contributed by atoms with Gasteiger partial charge in [0, 0.05) is 12.6 Å². The summed E-state index contributed by atoms with van der Waals surface area (Å²) in [5.74, 6) is 2.82. The molecule has 2 nitrogen and oxygen atoms in total. The summed E-state index contributed by atoms with van der Waals surface area (Å²) < 4.78 is 0. The van der Waals surface area contributed by atoms with Gasteiger partial charge in [-0.1, -0.05) is 20.8 Å². The molecule has 0 aliphatic carbocycles. The third-order valence-corrected chi connectivity index (χ3v) is 5.12. The summed E-state index contributed by atoms with van der Waals surface area (Å²) in [7, 11) is 2.22. The summed E-state index contributed by atoms with van der Waals surface area (Å²) in [5.41, 5.74) is 0. The normalized spacial score (nSPS) is 26.7. The van der Waals surface area contributed by atoms with Crippen LogP contribution in [0.3, 0.4) is 0 Å². The highest BCUT2D eigenvalue weighted by Crippen LogP contribution is 2.23. The number of hydrogen-bond donors (Lipinski definition) is 0. The quantitative estimate of drug-likeness (QED) is 0.752. The molecule has 2 heterocycles. The van der Waals surface area contributed by atoms with E-state index in [1.54, 1.807) is 0 Å². The summed E-state index contributed by atoms with van der Waals surface area (Å²) in [6, 6.07) is 0.753. The average Bonchev–Trinajstić information content (AvgIpc) is 2.40. The lowest BCUT2D eigenvalue weighted by molar-refractivity contribution is 0.147. The summed E-state index contributed by atoms with van der Waals surface area (Å²) in [6.07, 6.45) is 5.66. The Kier molecular flexibility index (Phi) is 8.13. The third-order valence-electron chi connectivity index (χ3n) is 5.12. The Balaban J connectivity index is 0.000000200. The maximum atomic E-state index is 2.58.